The van der Waals surface area contributed by atoms with Crippen LogP contribution < -0.4 is 10.6 Å². The molecule has 34 heavy (non-hydrogen) atoms. The Hall–Kier alpha value is -3.00. The van der Waals surface area contributed by atoms with Crippen molar-refractivity contribution in [2.24, 2.45) is 5.41 Å². The molecule has 2 aliphatic rings. The number of carbonyl (C=O) groups excluding carboxylic acids is 2. The van der Waals surface area contributed by atoms with E-state index >= 15 is 0 Å². The summed E-state index contributed by atoms with van der Waals surface area (Å²) in [7, 11) is 0. The molecule has 1 fully saturated rings. The van der Waals surface area contributed by atoms with E-state index in [9.17, 15) is 14.7 Å². The summed E-state index contributed by atoms with van der Waals surface area (Å²) in [6, 6.07) is 7.80. The van der Waals surface area contributed by atoms with E-state index < -0.39 is 6.23 Å². The van der Waals surface area contributed by atoms with E-state index in [1.54, 1.807) is 4.90 Å². The molecule has 8 heteroatoms. The standard InChI is InChI=1S/C26H35N5O3/c1-26(2,3)16-21(32)31-13-7-6-10-20(31)24(33)30-23-22(27-11-12-28-23)25(34)29-19-14-17-8-4-5-9-18(17)15-19/h4-5,8-9,11-12,19-20,24,33H,6-7,10,13-16H2,1-3H3,(H,28,30)(H,29,34). The minimum Gasteiger partial charge on any atom is -0.372 e. The number of amides is 2. The first kappa shape index (κ1) is 24.1. The van der Waals surface area contributed by atoms with Gasteiger partial charge in [-0.2, -0.15) is 0 Å². The van der Waals surface area contributed by atoms with Crippen LogP contribution in [0, 0.1) is 5.41 Å². The number of carbonyl (C=O) groups is 2. The van der Waals surface area contributed by atoms with Crippen molar-refractivity contribution in [3.63, 3.8) is 0 Å². The Morgan fingerprint density at radius 1 is 1.12 bits per heavy atom. The quantitative estimate of drug-likeness (QED) is 0.566. The number of nitrogens with one attached hydrogen (secondary N) is 2. The van der Waals surface area contributed by atoms with Crippen LogP contribution in [-0.2, 0) is 17.6 Å². The summed E-state index contributed by atoms with van der Waals surface area (Å²) in [5, 5.41) is 17.1. The largest absolute Gasteiger partial charge is 0.372 e. The van der Waals surface area contributed by atoms with Gasteiger partial charge in [-0.25, -0.2) is 9.97 Å². The molecule has 2 unspecified atom stereocenters. The minimum atomic E-state index is -1.05. The topological polar surface area (TPSA) is 107 Å². The fraction of sp³-hybridized carbons (Fsp3) is 0.538. The second kappa shape index (κ2) is 10.1. The molecular weight excluding hydrogens is 430 g/mol. The summed E-state index contributed by atoms with van der Waals surface area (Å²) in [5.74, 6) is -0.0716. The second-order valence-corrected chi connectivity index (χ2v) is 10.6. The average Bonchev–Trinajstić information content (AvgIpc) is 3.20. The van der Waals surface area contributed by atoms with Crippen molar-refractivity contribution in [1.82, 2.24) is 20.2 Å². The zero-order valence-electron chi connectivity index (χ0n) is 20.3. The molecule has 0 spiro atoms. The fourth-order valence-corrected chi connectivity index (χ4v) is 4.91. The van der Waals surface area contributed by atoms with Crippen molar-refractivity contribution in [3.8, 4) is 0 Å². The van der Waals surface area contributed by atoms with Crippen LogP contribution in [0.4, 0.5) is 5.82 Å². The van der Waals surface area contributed by atoms with Gasteiger partial charge in [0.15, 0.2) is 11.5 Å². The van der Waals surface area contributed by atoms with E-state index in [4.69, 9.17) is 0 Å². The van der Waals surface area contributed by atoms with Gasteiger partial charge in [-0.1, -0.05) is 45.0 Å². The highest BCUT2D eigenvalue weighted by Crippen LogP contribution is 2.27. The summed E-state index contributed by atoms with van der Waals surface area (Å²) < 4.78 is 0. The van der Waals surface area contributed by atoms with E-state index in [0.717, 1.165) is 25.7 Å². The third-order valence-corrected chi connectivity index (χ3v) is 6.50. The molecule has 1 aliphatic heterocycles. The lowest BCUT2D eigenvalue weighted by molar-refractivity contribution is -0.139. The third kappa shape index (κ3) is 5.73. The number of fused-ring (bicyclic) bond motifs is 1. The Morgan fingerprint density at radius 2 is 1.79 bits per heavy atom. The normalized spacial score (nSPS) is 19.4. The number of hydrogen-bond acceptors (Lipinski definition) is 6. The van der Waals surface area contributed by atoms with Gasteiger partial charge in [0, 0.05) is 31.4 Å². The molecule has 3 N–H and O–H groups in total. The highest BCUT2D eigenvalue weighted by molar-refractivity contribution is 5.97. The molecule has 182 valence electrons. The van der Waals surface area contributed by atoms with Gasteiger partial charge in [-0.05, 0) is 48.6 Å². The van der Waals surface area contributed by atoms with E-state index in [1.165, 1.54) is 23.5 Å². The predicted octanol–water partition coefficient (Wildman–Crippen LogP) is 2.92. The Kier molecular flexibility index (Phi) is 7.16. The predicted molar refractivity (Wildman–Crippen MR) is 130 cm³/mol. The molecule has 0 bridgehead atoms. The Labute approximate surface area is 201 Å². The highest BCUT2D eigenvalue weighted by atomic mass is 16.3. The number of rotatable bonds is 6. The van der Waals surface area contributed by atoms with Gasteiger partial charge in [-0.15, -0.1) is 0 Å². The number of piperidine rings is 1. The van der Waals surface area contributed by atoms with Gasteiger partial charge in [0.1, 0.15) is 6.23 Å². The monoisotopic (exact) mass is 465 g/mol. The first-order valence-electron chi connectivity index (χ1n) is 12.1. The molecule has 8 nitrogen and oxygen atoms in total. The van der Waals surface area contributed by atoms with E-state index in [2.05, 4.69) is 32.7 Å². The number of benzene rings is 1. The van der Waals surface area contributed by atoms with E-state index in [1.807, 2.05) is 32.9 Å². The third-order valence-electron chi connectivity index (χ3n) is 6.50. The molecule has 2 atom stereocenters. The van der Waals surface area contributed by atoms with Crippen LogP contribution in [0.25, 0.3) is 0 Å². The molecular formula is C26H35N5O3. The smallest absolute Gasteiger partial charge is 0.273 e. The first-order valence-corrected chi connectivity index (χ1v) is 12.1. The zero-order chi connectivity index (χ0) is 24.3. The number of likely N-dealkylation sites (tertiary alicyclic amines) is 1. The van der Waals surface area contributed by atoms with Crippen LogP contribution in [0.2, 0.25) is 0 Å². The number of nitrogens with zero attached hydrogens (tertiary/aromatic N) is 3. The number of anilines is 1. The Balaban J connectivity index is 1.44. The van der Waals surface area contributed by atoms with Crippen molar-refractivity contribution in [1.29, 1.82) is 0 Å². The van der Waals surface area contributed by atoms with E-state index in [0.29, 0.717) is 19.4 Å². The van der Waals surface area contributed by atoms with Crippen molar-refractivity contribution in [3.05, 3.63) is 53.5 Å². The number of hydrogen-bond donors (Lipinski definition) is 3. The molecule has 2 aromatic rings. The summed E-state index contributed by atoms with van der Waals surface area (Å²) in [6.07, 6.45) is 6.41. The summed E-state index contributed by atoms with van der Waals surface area (Å²) >= 11 is 0. The van der Waals surface area contributed by atoms with E-state index in [-0.39, 0.29) is 40.8 Å². The van der Waals surface area contributed by atoms with Crippen LogP contribution in [-0.4, -0.2) is 56.6 Å². The van der Waals surface area contributed by atoms with Crippen molar-refractivity contribution in [2.75, 3.05) is 11.9 Å². The molecule has 1 aliphatic carbocycles. The average molecular weight is 466 g/mol. The van der Waals surface area contributed by atoms with Crippen molar-refractivity contribution >= 4 is 17.6 Å². The fourth-order valence-electron chi connectivity index (χ4n) is 4.91. The van der Waals surface area contributed by atoms with Crippen LogP contribution in [0.1, 0.15) is 68.1 Å². The van der Waals surface area contributed by atoms with Gasteiger partial charge in [0.2, 0.25) is 5.91 Å². The van der Waals surface area contributed by atoms with Crippen molar-refractivity contribution < 1.29 is 14.7 Å². The molecule has 1 saturated heterocycles. The van der Waals surface area contributed by atoms with Gasteiger partial charge >= 0.3 is 0 Å². The van der Waals surface area contributed by atoms with Crippen LogP contribution in [0.15, 0.2) is 36.7 Å². The lowest BCUT2D eigenvalue weighted by atomic mass is 9.90. The molecule has 0 radical (unpaired) electrons. The van der Waals surface area contributed by atoms with Crippen LogP contribution in [0.3, 0.4) is 0 Å². The van der Waals surface area contributed by atoms with Crippen molar-refractivity contribution in [2.45, 2.75) is 77.6 Å². The van der Waals surface area contributed by atoms with Gasteiger partial charge in [0.25, 0.3) is 5.91 Å². The van der Waals surface area contributed by atoms with Crippen LogP contribution >= 0.6 is 0 Å². The maximum Gasteiger partial charge on any atom is 0.273 e. The van der Waals surface area contributed by atoms with Gasteiger partial charge in [0.05, 0.1) is 6.04 Å². The summed E-state index contributed by atoms with van der Waals surface area (Å²) in [5.41, 5.74) is 2.50. The summed E-state index contributed by atoms with van der Waals surface area (Å²) in [4.78, 5) is 36.3. The molecule has 0 saturated carbocycles. The molecule has 2 heterocycles. The maximum atomic E-state index is 13.1. The van der Waals surface area contributed by atoms with Crippen LogP contribution in [0.5, 0.6) is 0 Å². The maximum absolute atomic E-state index is 13.1. The summed E-state index contributed by atoms with van der Waals surface area (Å²) in [6.45, 7) is 6.72. The lowest BCUT2D eigenvalue weighted by Crippen LogP contribution is -2.53. The SMILES string of the molecule is CC(C)(C)CC(=O)N1CCCCC1C(O)Nc1nccnc1C(=O)NC1Cc2ccccc2C1. The number of aromatic nitrogens is 2. The second-order valence-electron chi connectivity index (χ2n) is 10.6. The van der Waals surface area contributed by atoms with Gasteiger partial charge in [-0.3, -0.25) is 9.59 Å². The molecule has 1 aromatic carbocycles. The lowest BCUT2D eigenvalue weighted by Gasteiger charge is -2.39. The highest BCUT2D eigenvalue weighted by Gasteiger charge is 2.34. The Bertz CT molecular complexity index is 1010. The zero-order valence-corrected chi connectivity index (χ0v) is 20.3. The number of aliphatic hydroxyl groups excluding tert-OH is 1. The Morgan fingerprint density at radius 3 is 2.47 bits per heavy atom. The molecule has 1 aromatic heterocycles. The first-order chi connectivity index (χ1) is 16.2. The number of aliphatic hydroxyl groups is 1. The molecule has 2 amide bonds. The minimum absolute atomic E-state index is 0.00599. The van der Waals surface area contributed by atoms with Gasteiger partial charge < -0.3 is 20.6 Å². The molecule has 4 rings (SSSR count).